The summed E-state index contributed by atoms with van der Waals surface area (Å²) in [6.45, 7) is 0.568. The minimum absolute atomic E-state index is 0.196. The van der Waals surface area contributed by atoms with Crippen LogP contribution in [0.1, 0.15) is 22.3 Å². The van der Waals surface area contributed by atoms with Gasteiger partial charge in [0.2, 0.25) is 0 Å². The molecule has 5 nitrogen and oxygen atoms in total. The van der Waals surface area contributed by atoms with Crippen molar-refractivity contribution in [1.29, 1.82) is 0 Å². The number of hydrazone groups is 1. The van der Waals surface area contributed by atoms with Crippen LogP contribution in [0.4, 0.5) is 5.69 Å². The van der Waals surface area contributed by atoms with Crippen molar-refractivity contribution in [1.82, 2.24) is 0 Å². The highest BCUT2D eigenvalue weighted by molar-refractivity contribution is 6.04. The van der Waals surface area contributed by atoms with Gasteiger partial charge in [0.1, 0.15) is 5.75 Å². The Labute approximate surface area is 121 Å². The Morgan fingerprint density at radius 1 is 1.14 bits per heavy atom. The van der Waals surface area contributed by atoms with E-state index in [1.54, 1.807) is 24.3 Å². The lowest BCUT2D eigenvalue weighted by atomic mass is 10.0. The number of anilines is 1. The number of rotatable bonds is 3. The molecule has 0 unspecified atom stereocenters. The Balaban J connectivity index is 1.90. The highest BCUT2D eigenvalue weighted by Crippen LogP contribution is 2.25. The SMILES string of the molecule is O=C(O)c1ccccc1NN=C1CCOc2ccccc21. The van der Waals surface area contributed by atoms with Crippen LogP contribution in [-0.2, 0) is 0 Å². The fourth-order valence-electron chi connectivity index (χ4n) is 2.23. The molecule has 1 aliphatic heterocycles. The van der Waals surface area contributed by atoms with Crippen molar-refractivity contribution >= 4 is 17.4 Å². The number of para-hydroxylation sites is 2. The Kier molecular flexibility index (Phi) is 3.55. The van der Waals surface area contributed by atoms with Gasteiger partial charge in [-0.3, -0.25) is 5.43 Å². The summed E-state index contributed by atoms with van der Waals surface area (Å²) in [4.78, 5) is 11.2. The predicted molar refractivity (Wildman–Crippen MR) is 80.1 cm³/mol. The molecule has 0 fully saturated rings. The van der Waals surface area contributed by atoms with Gasteiger partial charge in [-0.2, -0.15) is 5.10 Å². The minimum Gasteiger partial charge on any atom is -0.492 e. The summed E-state index contributed by atoms with van der Waals surface area (Å²) in [6.07, 6.45) is 0.680. The zero-order valence-electron chi connectivity index (χ0n) is 11.2. The van der Waals surface area contributed by atoms with Crippen LogP contribution in [0.3, 0.4) is 0 Å². The number of hydrogen-bond acceptors (Lipinski definition) is 4. The Bertz CT molecular complexity index is 710. The van der Waals surface area contributed by atoms with Gasteiger partial charge in [-0.25, -0.2) is 4.79 Å². The van der Waals surface area contributed by atoms with Gasteiger partial charge in [-0.1, -0.05) is 24.3 Å². The molecule has 21 heavy (non-hydrogen) atoms. The van der Waals surface area contributed by atoms with Crippen LogP contribution in [0.15, 0.2) is 53.6 Å². The van der Waals surface area contributed by atoms with Crippen LogP contribution in [0.25, 0.3) is 0 Å². The van der Waals surface area contributed by atoms with Crippen LogP contribution in [0.5, 0.6) is 5.75 Å². The summed E-state index contributed by atoms with van der Waals surface area (Å²) < 4.78 is 5.56. The molecule has 3 rings (SSSR count). The standard InChI is InChI=1S/C16H14N2O3/c19-16(20)12-6-1-3-7-13(12)17-18-14-9-10-21-15-8-4-2-5-11(14)15/h1-8,17H,9-10H2,(H,19,20). The molecule has 0 aromatic heterocycles. The van der Waals surface area contributed by atoms with E-state index in [9.17, 15) is 4.79 Å². The van der Waals surface area contributed by atoms with Crippen LogP contribution < -0.4 is 10.2 Å². The van der Waals surface area contributed by atoms with E-state index >= 15 is 0 Å². The molecule has 0 aliphatic carbocycles. The van der Waals surface area contributed by atoms with Crippen molar-refractivity contribution in [3.63, 3.8) is 0 Å². The fraction of sp³-hybridized carbons (Fsp3) is 0.125. The monoisotopic (exact) mass is 282 g/mol. The third kappa shape index (κ3) is 2.72. The van der Waals surface area contributed by atoms with Crippen LogP contribution >= 0.6 is 0 Å². The third-order valence-electron chi connectivity index (χ3n) is 3.26. The van der Waals surface area contributed by atoms with Gasteiger partial charge in [0.25, 0.3) is 0 Å². The second kappa shape index (κ2) is 5.66. The van der Waals surface area contributed by atoms with Crippen LogP contribution in [0.2, 0.25) is 0 Å². The van der Waals surface area contributed by atoms with Crippen molar-refractivity contribution < 1.29 is 14.6 Å². The van der Waals surface area contributed by atoms with E-state index in [2.05, 4.69) is 10.5 Å². The maximum Gasteiger partial charge on any atom is 0.337 e. The van der Waals surface area contributed by atoms with Gasteiger partial charge in [-0.05, 0) is 24.3 Å². The third-order valence-corrected chi connectivity index (χ3v) is 3.26. The second-order valence-corrected chi connectivity index (χ2v) is 4.62. The van der Waals surface area contributed by atoms with Crippen molar-refractivity contribution in [2.75, 3.05) is 12.0 Å². The van der Waals surface area contributed by atoms with E-state index in [0.29, 0.717) is 18.7 Å². The molecule has 106 valence electrons. The number of benzene rings is 2. The number of carboxylic acids is 1. The number of hydrogen-bond donors (Lipinski definition) is 2. The molecule has 0 bridgehead atoms. The maximum atomic E-state index is 11.2. The van der Waals surface area contributed by atoms with Gasteiger partial charge in [0.05, 0.1) is 23.6 Å². The van der Waals surface area contributed by atoms with Crippen molar-refractivity contribution in [3.05, 3.63) is 59.7 Å². The Hall–Kier alpha value is -2.82. The average Bonchev–Trinajstić information content (AvgIpc) is 2.53. The molecule has 2 aromatic rings. The van der Waals surface area contributed by atoms with Crippen molar-refractivity contribution in [2.24, 2.45) is 5.10 Å². The first-order valence-corrected chi connectivity index (χ1v) is 6.63. The number of carbonyl (C=O) groups is 1. The lowest BCUT2D eigenvalue weighted by Crippen LogP contribution is -2.17. The molecular formula is C16H14N2O3. The van der Waals surface area contributed by atoms with Crippen LogP contribution in [0, 0.1) is 0 Å². The number of aromatic carboxylic acids is 1. The van der Waals surface area contributed by atoms with Gasteiger partial charge in [0, 0.05) is 12.0 Å². The van der Waals surface area contributed by atoms with E-state index < -0.39 is 5.97 Å². The fourth-order valence-corrected chi connectivity index (χ4v) is 2.23. The Morgan fingerprint density at radius 3 is 2.76 bits per heavy atom. The average molecular weight is 282 g/mol. The van der Waals surface area contributed by atoms with E-state index in [4.69, 9.17) is 9.84 Å². The largest absolute Gasteiger partial charge is 0.492 e. The molecule has 5 heteroatoms. The molecule has 1 heterocycles. The van der Waals surface area contributed by atoms with Gasteiger partial charge in [-0.15, -0.1) is 0 Å². The summed E-state index contributed by atoms with van der Waals surface area (Å²) in [6, 6.07) is 14.4. The molecule has 2 aromatic carbocycles. The number of fused-ring (bicyclic) bond motifs is 1. The summed E-state index contributed by atoms with van der Waals surface area (Å²) in [5.74, 6) is -0.179. The normalized spacial score (nSPS) is 15.1. The maximum absolute atomic E-state index is 11.2. The number of nitrogens with zero attached hydrogens (tertiary/aromatic N) is 1. The number of ether oxygens (including phenoxy) is 1. The van der Waals surface area contributed by atoms with Crippen LogP contribution in [-0.4, -0.2) is 23.4 Å². The van der Waals surface area contributed by atoms with Gasteiger partial charge < -0.3 is 9.84 Å². The zero-order valence-corrected chi connectivity index (χ0v) is 11.2. The first-order valence-electron chi connectivity index (χ1n) is 6.63. The number of carboxylic acid groups (broad SMARTS) is 1. The minimum atomic E-state index is -0.981. The molecule has 1 aliphatic rings. The highest BCUT2D eigenvalue weighted by Gasteiger charge is 2.16. The molecule has 2 N–H and O–H groups in total. The predicted octanol–water partition coefficient (Wildman–Crippen LogP) is 2.98. The smallest absolute Gasteiger partial charge is 0.337 e. The summed E-state index contributed by atoms with van der Waals surface area (Å²) in [5.41, 5.74) is 5.32. The molecule has 0 saturated heterocycles. The van der Waals surface area contributed by atoms with E-state index in [1.165, 1.54) is 0 Å². The van der Waals surface area contributed by atoms with Gasteiger partial charge in [0.15, 0.2) is 0 Å². The zero-order chi connectivity index (χ0) is 14.7. The molecule has 0 amide bonds. The van der Waals surface area contributed by atoms with E-state index in [-0.39, 0.29) is 5.56 Å². The van der Waals surface area contributed by atoms with E-state index in [0.717, 1.165) is 17.0 Å². The Morgan fingerprint density at radius 2 is 1.90 bits per heavy atom. The number of nitrogens with one attached hydrogen (secondary N) is 1. The summed E-state index contributed by atoms with van der Waals surface area (Å²) >= 11 is 0. The molecule has 0 radical (unpaired) electrons. The summed E-state index contributed by atoms with van der Waals surface area (Å²) in [5, 5.41) is 13.5. The van der Waals surface area contributed by atoms with Crippen molar-refractivity contribution in [3.8, 4) is 5.75 Å². The molecule has 0 saturated carbocycles. The molecule has 0 spiro atoms. The first kappa shape index (κ1) is 13.2. The highest BCUT2D eigenvalue weighted by atomic mass is 16.5. The molecular weight excluding hydrogens is 268 g/mol. The molecule has 0 atom stereocenters. The van der Waals surface area contributed by atoms with Gasteiger partial charge >= 0.3 is 5.97 Å². The topological polar surface area (TPSA) is 70.9 Å². The summed E-state index contributed by atoms with van der Waals surface area (Å²) in [7, 11) is 0. The van der Waals surface area contributed by atoms with Crippen molar-refractivity contribution in [2.45, 2.75) is 6.42 Å². The lowest BCUT2D eigenvalue weighted by molar-refractivity contribution is 0.0698. The second-order valence-electron chi connectivity index (χ2n) is 4.62. The first-order chi connectivity index (χ1) is 10.3. The quantitative estimate of drug-likeness (QED) is 0.849. The lowest BCUT2D eigenvalue weighted by Gasteiger charge is -2.19. The van der Waals surface area contributed by atoms with E-state index in [1.807, 2.05) is 24.3 Å².